The van der Waals surface area contributed by atoms with Gasteiger partial charge in [-0.2, -0.15) is 0 Å². The summed E-state index contributed by atoms with van der Waals surface area (Å²) in [6.07, 6.45) is 1.49. The molecule has 0 unspecified atom stereocenters. The molecule has 36 heavy (non-hydrogen) atoms. The number of nitrogens with one attached hydrogen (secondary N) is 1. The van der Waals surface area contributed by atoms with Gasteiger partial charge in [-0.1, -0.05) is 106 Å². The maximum atomic E-state index is 13.8. The SMILES string of the molecule is [2H][C@H](c1ccccc1)[C@H]([15NH]C(=O)c1ccccc1)C(=O)O[C@@H]1C[C@H](C)CC[C@H]1C(C)(C)c1ccccc1. The van der Waals surface area contributed by atoms with E-state index in [-0.39, 0.29) is 17.4 Å². The predicted octanol–water partition coefficient (Wildman–Crippen LogP) is 6.35. The Hall–Kier alpha value is -3.40. The Bertz CT molecular complexity index is 1170. The third kappa shape index (κ3) is 6.23. The highest BCUT2D eigenvalue weighted by Crippen LogP contribution is 2.43. The average molecular weight is 486 g/mol. The summed E-state index contributed by atoms with van der Waals surface area (Å²) in [7, 11) is 0. The number of esters is 1. The zero-order valence-electron chi connectivity index (χ0n) is 22.4. The number of carbonyl (C=O) groups is 2. The highest BCUT2D eigenvalue weighted by molar-refractivity contribution is 5.96. The molecule has 1 fully saturated rings. The Morgan fingerprint density at radius 3 is 2.17 bits per heavy atom. The van der Waals surface area contributed by atoms with Gasteiger partial charge in [0.2, 0.25) is 0 Å². The third-order valence-corrected chi connectivity index (χ3v) is 7.50. The van der Waals surface area contributed by atoms with Gasteiger partial charge < -0.3 is 10.1 Å². The lowest BCUT2D eigenvalue weighted by atomic mass is 9.64. The van der Waals surface area contributed by atoms with Crippen LogP contribution in [0.3, 0.4) is 0 Å². The molecule has 4 heteroatoms. The summed E-state index contributed by atoms with van der Waals surface area (Å²) >= 11 is 0. The van der Waals surface area contributed by atoms with Crippen LogP contribution in [0.25, 0.3) is 0 Å². The first-order valence-corrected chi connectivity index (χ1v) is 12.9. The van der Waals surface area contributed by atoms with Gasteiger partial charge in [0.25, 0.3) is 5.91 Å². The summed E-state index contributed by atoms with van der Waals surface area (Å²) < 4.78 is 15.2. The normalized spacial score (nSPS) is 22.1. The summed E-state index contributed by atoms with van der Waals surface area (Å²) in [5.41, 5.74) is 2.10. The predicted molar refractivity (Wildman–Crippen MR) is 144 cm³/mol. The molecule has 0 saturated heterocycles. The minimum Gasteiger partial charge on any atom is -0.461 e. The van der Waals surface area contributed by atoms with E-state index < -0.39 is 24.3 Å². The summed E-state index contributed by atoms with van der Waals surface area (Å²) in [5.74, 6) is -0.393. The van der Waals surface area contributed by atoms with Crippen molar-refractivity contribution in [1.82, 2.24) is 5.32 Å². The number of hydrogen-bond acceptors (Lipinski definition) is 3. The van der Waals surface area contributed by atoms with E-state index in [0.29, 0.717) is 17.0 Å². The number of rotatable bonds is 8. The van der Waals surface area contributed by atoms with E-state index in [0.717, 1.165) is 19.3 Å². The number of benzene rings is 3. The molecule has 0 radical (unpaired) electrons. The molecule has 1 aliphatic rings. The average Bonchev–Trinajstić information content (AvgIpc) is 2.92. The number of carbonyl (C=O) groups excluding carboxylic acids is 2. The summed E-state index contributed by atoms with van der Waals surface area (Å²) in [6, 6.07) is 27.1. The molecule has 1 aliphatic carbocycles. The van der Waals surface area contributed by atoms with Gasteiger partial charge in [-0.05, 0) is 47.4 Å². The Kier molecular flexibility index (Phi) is 7.80. The molecule has 0 heterocycles. The lowest BCUT2D eigenvalue weighted by Crippen LogP contribution is -2.48. The van der Waals surface area contributed by atoms with Crippen molar-refractivity contribution >= 4 is 11.9 Å². The first kappa shape index (κ1) is 24.3. The van der Waals surface area contributed by atoms with Crippen LogP contribution >= 0.6 is 0 Å². The van der Waals surface area contributed by atoms with Crippen molar-refractivity contribution in [2.75, 3.05) is 0 Å². The zero-order valence-corrected chi connectivity index (χ0v) is 21.4. The summed E-state index contributed by atoms with van der Waals surface area (Å²) in [4.78, 5) is 26.8. The monoisotopic (exact) mass is 485 g/mol. The fraction of sp³-hybridized carbons (Fsp3) is 0.375. The second-order valence-corrected chi connectivity index (χ2v) is 10.5. The standard InChI is InChI=1S/C32H37NO3/c1-23-19-20-27(32(2,3)26-17-11-6-12-18-26)29(21-23)36-31(35)28(22-24-13-7-4-8-14-24)33-30(34)25-15-9-5-10-16-25/h4-18,23,27-29H,19-22H2,1-3H3,(H,33,34)/t23-,27-,28+,29-/m1/s1/i22D,33+1/t22-,23-,27-,28+,29-. The van der Waals surface area contributed by atoms with Crippen molar-refractivity contribution in [3.8, 4) is 0 Å². The molecule has 3 aromatic rings. The Morgan fingerprint density at radius 1 is 0.944 bits per heavy atom. The highest BCUT2D eigenvalue weighted by Gasteiger charge is 2.42. The van der Waals surface area contributed by atoms with Crippen LogP contribution < -0.4 is 5.32 Å². The van der Waals surface area contributed by atoms with Crippen LogP contribution in [0, 0.1) is 11.8 Å². The minimum absolute atomic E-state index is 0.126. The van der Waals surface area contributed by atoms with Crippen molar-refractivity contribution in [2.45, 2.75) is 64.0 Å². The maximum Gasteiger partial charge on any atom is 0.329 e. The van der Waals surface area contributed by atoms with Crippen molar-refractivity contribution < 1.29 is 15.7 Å². The maximum absolute atomic E-state index is 13.8. The van der Waals surface area contributed by atoms with Gasteiger partial charge in [0, 0.05) is 19.2 Å². The molecule has 0 aliphatic heterocycles. The van der Waals surface area contributed by atoms with Crippen LogP contribution in [-0.2, 0) is 21.3 Å². The minimum atomic E-state index is -1.13. The van der Waals surface area contributed by atoms with E-state index in [1.165, 1.54) is 5.56 Å². The van der Waals surface area contributed by atoms with E-state index in [1.54, 1.807) is 36.4 Å². The molecular weight excluding hydrogens is 447 g/mol. The van der Waals surface area contributed by atoms with Gasteiger partial charge in [-0.25, -0.2) is 4.79 Å². The molecule has 1 amide bonds. The molecule has 1 saturated carbocycles. The molecule has 3 aromatic carbocycles. The zero-order chi connectivity index (χ0) is 26.4. The number of ether oxygens (including phenoxy) is 1. The van der Waals surface area contributed by atoms with Crippen LogP contribution in [0.4, 0.5) is 0 Å². The van der Waals surface area contributed by atoms with Crippen molar-refractivity contribution in [3.63, 3.8) is 0 Å². The van der Waals surface area contributed by atoms with Crippen molar-refractivity contribution in [1.29, 1.82) is 0 Å². The van der Waals surface area contributed by atoms with Gasteiger partial charge in [0.1, 0.15) is 12.1 Å². The largest absolute Gasteiger partial charge is 0.461 e. The molecule has 4 rings (SSSR count). The molecule has 1 N–H and O–H groups in total. The van der Waals surface area contributed by atoms with Crippen LogP contribution in [0.1, 0.15) is 62.9 Å². The summed E-state index contributed by atoms with van der Waals surface area (Å²) in [6.45, 7) is 6.63. The topological polar surface area (TPSA) is 55.4 Å². The van der Waals surface area contributed by atoms with Gasteiger partial charge >= 0.3 is 5.97 Å². The lowest BCUT2D eigenvalue weighted by molar-refractivity contribution is -0.159. The van der Waals surface area contributed by atoms with Gasteiger partial charge in [0.15, 0.2) is 0 Å². The lowest BCUT2D eigenvalue weighted by Gasteiger charge is -2.44. The number of hydrogen-bond donors (Lipinski definition) is 1. The molecule has 4 nitrogen and oxygen atoms in total. The molecule has 5 atom stereocenters. The molecular formula is C32H37NO3. The Balaban J connectivity index is 1.60. The second-order valence-electron chi connectivity index (χ2n) is 10.5. The second kappa shape index (κ2) is 11.6. The van der Waals surface area contributed by atoms with Crippen molar-refractivity contribution in [2.24, 2.45) is 11.8 Å². The number of amides is 1. The molecule has 0 spiro atoms. The highest BCUT2D eigenvalue weighted by atomic mass is 16.5. The van der Waals surface area contributed by atoms with E-state index in [2.05, 4.69) is 38.2 Å². The molecule has 0 aromatic heterocycles. The van der Waals surface area contributed by atoms with E-state index in [1.807, 2.05) is 42.5 Å². The quantitative estimate of drug-likeness (QED) is 0.299. The van der Waals surface area contributed by atoms with Crippen LogP contribution in [0.2, 0.25) is 0 Å². The van der Waals surface area contributed by atoms with E-state index in [9.17, 15) is 9.59 Å². The fourth-order valence-corrected chi connectivity index (χ4v) is 5.33. The molecule has 0 bridgehead atoms. The first-order chi connectivity index (χ1) is 17.8. The fourth-order valence-electron chi connectivity index (χ4n) is 5.33. The van der Waals surface area contributed by atoms with Gasteiger partial charge in [-0.3, -0.25) is 4.79 Å². The summed E-state index contributed by atoms with van der Waals surface area (Å²) in [5, 5.41) is 2.82. The molecule has 188 valence electrons. The third-order valence-electron chi connectivity index (χ3n) is 7.50. The van der Waals surface area contributed by atoms with E-state index in [4.69, 9.17) is 6.11 Å². The Labute approximate surface area is 216 Å². The van der Waals surface area contributed by atoms with Gasteiger partial charge in [0.05, 0.1) is 0 Å². The van der Waals surface area contributed by atoms with Crippen LogP contribution in [-0.4, -0.2) is 24.0 Å². The van der Waals surface area contributed by atoms with Crippen molar-refractivity contribution in [3.05, 3.63) is 108 Å². The van der Waals surface area contributed by atoms with Gasteiger partial charge in [-0.15, -0.1) is 0 Å². The van der Waals surface area contributed by atoms with Crippen LogP contribution in [0.15, 0.2) is 91.0 Å². The Morgan fingerprint density at radius 2 is 1.53 bits per heavy atom. The first-order valence-electron chi connectivity index (χ1n) is 13.4. The van der Waals surface area contributed by atoms with Crippen LogP contribution in [0.5, 0.6) is 0 Å². The van der Waals surface area contributed by atoms with E-state index >= 15 is 0 Å². The smallest absolute Gasteiger partial charge is 0.329 e.